The maximum atomic E-state index is 11.7. The van der Waals surface area contributed by atoms with Gasteiger partial charge in [-0.05, 0) is 11.8 Å². The molecule has 2 unspecified atom stereocenters. The topological polar surface area (TPSA) is 104 Å². The Hall–Kier alpha value is -1.30. The lowest BCUT2D eigenvalue weighted by Crippen LogP contribution is -2.52. The molecule has 16 heavy (non-hydrogen) atoms. The summed E-state index contributed by atoms with van der Waals surface area (Å²) in [4.78, 5) is 22.4. The summed E-state index contributed by atoms with van der Waals surface area (Å²) in [5.41, 5.74) is 4.98. The van der Waals surface area contributed by atoms with Crippen LogP contribution in [0.4, 0.5) is 4.79 Å². The second-order valence-electron chi connectivity index (χ2n) is 4.26. The van der Waals surface area contributed by atoms with Crippen LogP contribution < -0.4 is 16.4 Å². The van der Waals surface area contributed by atoms with Crippen molar-refractivity contribution in [2.75, 3.05) is 13.2 Å². The molecule has 0 aliphatic carbocycles. The van der Waals surface area contributed by atoms with Gasteiger partial charge in [0.15, 0.2) is 0 Å². The molecular weight excluding hydrogens is 210 g/mol. The second-order valence-corrected chi connectivity index (χ2v) is 4.26. The smallest absolute Gasteiger partial charge is 0.312 e. The first-order valence-electron chi connectivity index (χ1n) is 5.33. The Balaban J connectivity index is 4.22. The van der Waals surface area contributed by atoms with E-state index in [-0.39, 0.29) is 24.3 Å². The van der Waals surface area contributed by atoms with Gasteiger partial charge in [0.2, 0.25) is 5.91 Å². The van der Waals surface area contributed by atoms with E-state index in [4.69, 9.17) is 10.8 Å². The lowest BCUT2D eigenvalue weighted by atomic mass is 10.0. The number of nitrogens with one attached hydrogen (secondary N) is 2. The summed E-state index contributed by atoms with van der Waals surface area (Å²) in [6.45, 7) is 5.83. The molecule has 0 saturated carbocycles. The molecule has 3 amide bonds. The monoisotopic (exact) mass is 231 g/mol. The van der Waals surface area contributed by atoms with E-state index in [0.717, 1.165) is 0 Å². The lowest BCUT2D eigenvalue weighted by Gasteiger charge is -2.21. The van der Waals surface area contributed by atoms with E-state index in [0.29, 0.717) is 6.54 Å². The molecule has 0 saturated heterocycles. The first-order chi connectivity index (χ1) is 7.38. The first kappa shape index (κ1) is 14.7. The molecule has 6 heteroatoms. The molecule has 0 aromatic heterocycles. The summed E-state index contributed by atoms with van der Waals surface area (Å²) in [7, 11) is 0. The molecule has 0 aromatic rings. The standard InChI is InChI=1S/C10H21N3O3/c1-6(2)8(13-10(11)16)9(15)12-4-7(3)5-14/h6-8,14H,4-5H2,1-3H3,(H,12,15)(H3,11,13,16). The van der Waals surface area contributed by atoms with Crippen LogP contribution in [-0.4, -0.2) is 36.2 Å². The largest absolute Gasteiger partial charge is 0.396 e. The third-order valence-electron chi connectivity index (χ3n) is 2.18. The fraction of sp³-hybridized carbons (Fsp3) is 0.800. The summed E-state index contributed by atoms with van der Waals surface area (Å²) in [5, 5.41) is 13.8. The number of rotatable bonds is 6. The number of carbonyl (C=O) groups is 2. The molecule has 0 rings (SSSR count). The van der Waals surface area contributed by atoms with Crippen molar-refractivity contribution in [3.8, 4) is 0 Å². The average molecular weight is 231 g/mol. The number of nitrogens with two attached hydrogens (primary N) is 1. The van der Waals surface area contributed by atoms with Crippen LogP contribution in [0.25, 0.3) is 0 Å². The minimum atomic E-state index is -0.718. The van der Waals surface area contributed by atoms with Crippen molar-refractivity contribution in [2.45, 2.75) is 26.8 Å². The predicted molar refractivity (Wildman–Crippen MR) is 60.6 cm³/mol. The first-order valence-corrected chi connectivity index (χ1v) is 5.33. The van der Waals surface area contributed by atoms with Crippen molar-refractivity contribution in [1.29, 1.82) is 0 Å². The highest BCUT2D eigenvalue weighted by Crippen LogP contribution is 2.01. The molecule has 0 heterocycles. The van der Waals surface area contributed by atoms with Crippen molar-refractivity contribution >= 4 is 11.9 Å². The second kappa shape index (κ2) is 7.05. The molecule has 5 N–H and O–H groups in total. The lowest BCUT2D eigenvalue weighted by molar-refractivity contribution is -0.124. The Bertz CT molecular complexity index is 243. The molecular formula is C10H21N3O3. The zero-order chi connectivity index (χ0) is 12.7. The fourth-order valence-electron chi connectivity index (χ4n) is 1.14. The van der Waals surface area contributed by atoms with Gasteiger partial charge in [0.05, 0.1) is 0 Å². The van der Waals surface area contributed by atoms with Gasteiger partial charge in [-0.1, -0.05) is 20.8 Å². The van der Waals surface area contributed by atoms with E-state index < -0.39 is 12.1 Å². The summed E-state index contributed by atoms with van der Waals surface area (Å²) >= 11 is 0. The summed E-state index contributed by atoms with van der Waals surface area (Å²) in [5.74, 6) is -0.337. The van der Waals surface area contributed by atoms with Crippen molar-refractivity contribution in [3.63, 3.8) is 0 Å². The number of urea groups is 1. The van der Waals surface area contributed by atoms with Gasteiger partial charge in [-0.3, -0.25) is 4.79 Å². The van der Waals surface area contributed by atoms with Gasteiger partial charge < -0.3 is 21.5 Å². The number of primary amides is 1. The van der Waals surface area contributed by atoms with Gasteiger partial charge in [0.25, 0.3) is 0 Å². The zero-order valence-corrected chi connectivity index (χ0v) is 9.99. The Morgan fingerprint density at radius 3 is 2.25 bits per heavy atom. The van der Waals surface area contributed by atoms with Crippen LogP contribution in [-0.2, 0) is 4.79 Å². The van der Waals surface area contributed by atoms with Gasteiger partial charge >= 0.3 is 6.03 Å². The van der Waals surface area contributed by atoms with Crippen LogP contribution in [0.1, 0.15) is 20.8 Å². The van der Waals surface area contributed by atoms with Crippen LogP contribution in [0, 0.1) is 11.8 Å². The highest BCUT2D eigenvalue weighted by molar-refractivity contribution is 5.86. The van der Waals surface area contributed by atoms with Crippen LogP contribution in [0.3, 0.4) is 0 Å². The number of aliphatic hydroxyl groups excluding tert-OH is 1. The number of aliphatic hydroxyl groups is 1. The molecule has 0 spiro atoms. The highest BCUT2D eigenvalue weighted by atomic mass is 16.3. The van der Waals surface area contributed by atoms with E-state index in [1.807, 2.05) is 20.8 Å². The van der Waals surface area contributed by atoms with Crippen LogP contribution >= 0.6 is 0 Å². The summed E-state index contributed by atoms with van der Waals surface area (Å²) < 4.78 is 0. The van der Waals surface area contributed by atoms with Gasteiger partial charge in [0, 0.05) is 13.2 Å². The Kier molecular flexibility index (Phi) is 6.48. The molecule has 6 nitrogen and oxygen atoms in total. The Morgan fingerprint density at radius 1 is 1.31 bits per heavy atom. The minimum Gasteiger partial charge on any atom is -0.396 e. The Labute approximate surface area is 95.6 Å². The van der Waals surface area contributed by atoms with Crippen molar-refractivity contribution in [1.82, 2.24) is 10.6 Å². The number of hydrogen-bond donors (Lipinski definition) is 4. The molecule has 0 aromatic carbocycles. The molecule has 0 aliphatic heterocycles. The third-order valence-corrected chi connectivity index (χ3v) is 2.18. The van der Waals surface area contributed by atoms with E-state index in [9.17, 15) is 9.59 Å². The van der Waals surface area contributed by atoms with Gasteiger partial charge in [-0.2, -0.15) is 0 Å². The normalized spacial score (nSPS) is 14.3. The SMILES string of the molecule is CC(CO)CNC(=O)C(NC(N)=O)C(C)C. The Morgan fingerprint density at radius 2 is 1.88 bits per heavy atom. The highest BCUT2D eigenvalue weighted by Gasteiger charge is 2.23. The van der Waals surface area contributed by atoms with E-state index in [1.54, 1.807) is 0 Å². The zero-order valence-electron chi connectivity index (χ0n) is 9.99. The minimum absolute atomic E-state index is 0.00894. The average Bonchev–Trinajstić information content (AvgIpc) is 2.21. The maximum Gasteiger partial charge on any atom is 0.312 e. The van der Waals surface area contributed by atoms with E-state index >= 15 is 0 Å². The van der Waals surface area contributed by atoms with E-state index in [2.05, 4.69) is 10.6 Å². The van der Waals surface area contributed by atoms with Gasteiger partial charge in [-0.15, -0.1) is 0 Å². The molecule has 2 atom stereocenters. The predicted octanol–water partition coefficient (Wildman–Crippen LogP) is -0.576. The van der Waals surface area contributed by atoms with Crippen LogP contribution in [0.15, 0.2) is 0 Å². The van der Waals surface area contributed by atoms with Gasteiger partial charge in [-0.25, -0.2) is 4.79 Å². The van der Waals surface area contributed by atoms with Crippen molar-refractivity contribution in [3.05, 3.63) is 0 Å². The number of carbonyl (C=O) groups excluding carboxylic acids is 2. The fourth-order valence-corrected chi connectivity index (χ4v) is 1.14. The maximum absolute atomic E-state index is 11.7. The third kappa shape index (κ3) is 5.55. The quantitative estimate of drug-likeness (QED) is 0.491. The summed E-state index contributed by atoms with van der Waals surface area (Å²) in [6, 6.07) is -1.35. The summed E-state index contributed by atoms with van der Waals surface area (Å²) in [6.07, 6.45) is 0. The van der Waals surface area contributed by atoms with Crippen LogP contribution in [0.5, 0.6) is 0 Å². The molecule has 0 radical (unpaired) electrons. The van der Waals surface area contributed by atoms with Gasteiger partial charge in [0.1, 0.15) is 6.04 Å². The number of amides is 3. The van der Waals surface area contributed by atoms with Crippen molar-refractivity contribution < 1.29 is 14.7 Å². The molecule has 0 aliphatic rings. The van der Waals surface area contributed by atoms with E-state index in [1.165, 1.54) is 0 Å². The molecule has 0 bridgehead atoms. The van der Waals surface area contributed by atoms with Crippen molar-refractivity contribution in [2.24, 2.45) is 17.6 Å². The van der Waals surface area contributed by atoms with Crippen LogP contribution in [0.2, 0.25) is 0 Å². The molecule has 94 valence electrons. The molecule has 0 fully saturated rings. The number of hydrogen-bond acceptors (Lipinski definition) is 3.